The van der Waals surface area contributed by atoms with Gasteiger partial charge in [-0.1, -0.05) is 0 Å². The van der Waals surface area contributed by atoms with E-state index in [2.05, 4.69) is 20.0 Å². The molecule has 1 aromatic rings. The number of hydrogen-bond donors (Lipinski definition) is 1. The summed E-state index contributed by atoms with van der Waals surface area (Å²) in [6, 6.07) is 0. The van der Waals surface area contributed by atoms with Crippen LogP contribution in [0.2, 0.25) is 5.28 Å². The van der Waals surface area contributed by atoms with Crippen LogP contribution in [0.4, 0.5) is 19.0 Å². The third-order valence-corrected chi connectivity index (χ3v) is 2.17. The molecule has 1 N–H and O–H groups in total. The zero-order valence-electron chi connectivity index (χ0n) is 9.92. The first-order valence-corrected chi connectivity index (χ1v) is 5.71. The number of aromatic nitrogens is 2. The molecule has 1 heterocycles. The Morgan fingerprint density at radius 2 is 2.21 bits per heavy atom. The monoisotopic (exact) mass is 297 g/mol. The molecule has 19 heavy (non-hydrogen) atoms. The first-order chi connectivity index (χ1) is 8.84. The number of halogens is 4. The number of carbonyl (C=O) groups is 1. The summed E-state index contributed by atoms with van der Waals surface area (Å²) < 4.78 is 42.5. The second-order valence-electron chi connectivity index (χ2n) is 3.38. The van der Waals surface area contributed by atoms with Crippen LogP contribution in [0.3, 0.4) is 0 Å². The van der Waals surface area contributed by atoms with Gasteiger partial charge in [0.15, 0.2) is 0 Å². The Balaban J connectivity index is 2.72. The normalized spacial score (nSPS) is 11.2. The van der Waals surface area contributed by atoms with E-state index in [1.807, 2.05) is 0 Å². The molecule has 1 aromatic heterocycles. The van der Waals surface area contributed by atoms with Crippen molar-refractivity contribution in [3.05, 3.63) is 17.0 Å². The van der Waals surface area contributed by atoms with E-state index >= 15 is 0 Å². The van der Waals surface area contributed by atoms with Crippen molar-refractivity contribution < 1.29 is 22.7 Å². The summed E-state index contributed by atoms with van der Waals surface area (Å²) >= 11 is 5.44. The van der Waals surface area contributed by atoms with Crippen LogP contribution in [0.25, 0.3) is 0 Å². The molecule has 0 amide bonds. The third kappa shape index (κ3) is 4.90. The summed E-state index contributed by atoms with van der Waals surface area (Å²) in [4.78, 5) is 17.8. The highest BCUT2D eigenvalue weighted by Gasteiger charge is 2.35. The van der Waals surface area contributed by atoms with Crippen molar-refractivity contribution in [2.75, 3.05) is 18.5 Å². The van der Waals surface area contributed by atoms with Crippen molar-refractivity contribution in [1.82, 2.24) is 9.97 Å². The maximum atomic E-state index is 12.6. The largest absolute Gasteiger partial charge is 0.466 e. The second kappa shape index (κ2) is 6.55. The van der Waals surface area contributed by atoms with Gasteiger partial charge < -0.3 is 10.1 Å². The Kier molecular flexibility index (Phi) is 5.34. The highest BCUT2D eigenvalue weighted by molar-refractivity contribution is 6.28. The van der Waals surface area contributed by atoms with Crippen LogP contribution in [0.15, 0.2) is 6.20 Å². The molecule has 0 aliphatic carbocycles. The summed E-state index contributed by atoms with van der Waals surface area (Å²) in [7, 11) is 0. The maximum Gasteiger partial charge on any atom is 0.421 e. The summed E-state index contributed by atoms with van der Waals surface area (Å²) in [6.45, 7) is 1.80. The van der Waals surface area contributed by atoms with Crippen molar-refractivity contribution in [1.29, 1.82) is 0 Å². The van der Waals surface area contributed by atoms with Crippen molar-refractivity contribution in [3.8, 4) is 0 Å². The van der Waals surface area contributed by atoms with Gasteiger partial charge in [-0.25, -0.2) is 9.97 Å². The Morgan fingerprint density at radius 1 is 1.53 bits per heavy atom. The van der Waals surface area contributed by atoms with E-state index in [1.165, 1.54) is 0 Å². The number of hydrogen-bond acceptors (Lipinski definition) is 5. The molecular weight excluding hydrogens is 287 g/mol. The quantitative estimate of drug-likeness (QED) is 0.668. The number of ether oxygens (including phenoxy) is 1. The van der Waals surface area contributed by atoms with Gasteiger partial charge in [-0.05, 0) is 18.5 Å². The molecule has 0 saturated heterocycles. The Labute approximate surface area is 112 Å². The summed E-state index contributed by atoms with van der Waals surface area (Å²) in [6.07, 6.45) is -4.09. The fourth-order valence-electron chi connectivity index (χ4n) is 1.22. The lowest BCUT2D eigenvalue weighted by atomic mass is 10.3. The van der Waals surface area contributed by atoms with Crippen molar-refractivity contribution >= 4 is 23.4 Å². The Bertz CT molecular complexity index is 454. The lowest BCUT2D eigenvalue weighted by Crippen LogP contribution is -2.16. The van der Waals surface area contributed by atoms with E-state index in [4.69, 9.17) is 11.6 Å². The third-order valence-electron chi connectivity index (χ3n) is 1.99. The van der Waals surface area contributed by atoms with E-state index in [0.29, 0.717) is 6.20 Å². The predicted octanol–water partition coefficient (Wildman–Crippen LogP) is 2.51. The van der Waals surface area contributed by atoms with Gasteiger partial charge in [-0.2, -0.15) is 13.2 Å². The second-order valence-corrected chi connectivity index (χ2v) is 3.72. The van der Waals surface area contributed by atoms with Crippen molar-refractivity contribution in [3.63, 3.8) is 0 Å². The van der Waals surface area contributed by atoms with Crippen LogP contribution in [0, 0.1) is 0 Å². The highest BCUT2D eigenvalue weighted by Crippen LogP contribution is 2.33. The lowest BCUT2D eigenvalue weighted by molar-refractivity contribution is -0.142. The minimum absolute atomic E-state index is 0.0464. The van der Waals surface area contributed by atoms with Gasteiger partial charge in [0.1, 0.15) is 11.4 Å². The smallest absolute Gasteiger partial charge is 0.421 e. The molecule has 0 aliphatic heterocycles. The van der Waals surface area contributed by atoms with Crippen LogP contribution in [0.1, 0.15) is 18.9 Å². The number of anilines is 1. The lowest BCUT2D eigenvalue weighted by Gasteiger charge is -2.12. The molecule has 106 valence electrons. The SMILES string of the molecule is CCOC(=O)CCNc1nc(Cl)ncc1C(F)(F)F. The molecule has 1 rings (SSSR count). The molecule has 0 unspecified atom stereocenters. The molecule has 9 heteroatoms. The number of esters is 1. The van der Waals surface area contributed by atoms with Crippen molar-refractivity contribution in [2.45, 2.75) is 19.5 Å². The Morgan fingerprint density at radius 3 is 2.79 bits per heavy atom. The molecule has 0 aromatic carbocycles. The summed E-state index contributed by atoms with van der Waals surface area (Å²) in [5.74, 6) is -0.972. The van der Waals surface area contributed by atoms with Crippen LogP contribution in [-0.4, -0.2) is 29.1 Å². The van der Waals surface area contributed by atoms with Gasteiger partial charge in [0, 0.05) is 12.7 Å². The Hall–Kier alpha value is -1.57. The van der Waals surface area contributed by atoms with E-state index in [1.54, 1.807) is 6.92 Å². The van der Waals surface area contributed by atoms with Gasteiger partial charge in [-0.3, -0.25) is 4.79 Å². The number of nitrogens with one attached hydrogen (secondary N) is 1. The molecule has 0 fully saturated rings. The fraction of sp³-hybridized carbons (Fsp3) is 0.500. The number of alkyl halides is 3. The van der Waals surface area contributed by atoms with Gasteiger partial charge in [0.25, 0.3) is 0 Å². The van der Waals surface area contributed by atoms with Gasteiger partial charge in [0.05, 0.1) is 13.0 Å². The minimum Gasteiger partial charge on any atom is -0.466 e. The first kappa shape index (κ1) is 15.5. The molecule has 0 saturated carbocycles. The summed E-state index contributed by atoms with van der Waals surface area (Å²) in [5, 5.41) is 2.08. The zero-order chi connectivity index (χ0) is 14.5. The van der Waals surface area contributed by atoms with Crippen LogP contribution >= 0.6 is 11.6 Å². The average Bonchev–Trinajstić information content (AvgIpc) is 2.27. The zero-order valence-corrected chi connectivity index (χ0v) is 10.7. The molecular formula is C10H11ClF3N3O2. The average molecular weight is 298 g/mol. The van der Waals surface area contributed by atoms with E-state index < -0.39 is 23.5 Å². The topological polar surface area (TPSA) is 64.1 Å². The molecule has 0 bridgehead atoms. The fourth-order valence-corrected chi connectivity index (χ4v) is 1.35. The molecule has 0 radical (unpaired) electrons. The number of carbonyl (C=O) groups excluding carboxylic acids is 1. The minimum atomic E-state index is -4.60. The van der Waals surface area contributed by atoms with E-state index in [0.717, 1.165) is 0 Å². The maximum absolute atomic E-state index is 12.6. The predicted molar refractivity (Wildman–Crippen MR) is 61.8 cm³/mol. The highest BCUT2D eigenvalue weighted by atomic mass is 35.5. The van der Waals surface area contributed by atoms with Crippen LogP contribution in [0.5, 0.6) is 0 Å². The van der Waals surface area contributed by atoms with Crippen molar-refractivity contribution in [2.24, 2.45) is 0 Å². The first-order valence-electron chi connectivity index (χ1n) is 5.33. The molecule has 5 nitrogen and oxygen atoms in total. The molecule has 0 aliphatic rings. The van der Waals surface area contributed by atoms with Gasteiger partial charge in [0.2, 0.25) is 5.28 Å². The molecule has 0 spiro atoms. The van der Waals surface area contributed by atoms with Gasteiger partial charge in [-0.15, -0.1) is 0 Å². The van der Waals surface area contributed by atoms with Crippen LogP contribution in [-0.2, 0) is 15.7 Å². The number of nitrogens with zero attached hydrogens (tertiary/aromatic N) is 2. The van der Waals surface area contributed by atoms with E-state index in [-0.39, 0.29) is 24.9 Å². The molecule has 0 atom stereocenters. The van der Waals surface area contributed by atoms with E-state index in [9.17, 15) is 18.0 Å². The van der Waals surface area contributed by atoms with Crippen LogP contribution < -0.4 is 5.32 Å². The standard InChI is InChI=1S/C10H11ClF3N3O2/c1-2-19-7(18)3-4-15-8-6(10(12,13)14)5-16-9(11)17-8/h5H,2-4H2,1H3,(H,15,16,17). The summed E-state index contributed by atoms with van der Waals surface area (Å²) in [5.41, 5.74) is -1.04. The van der Waals surface area contributed by atoms with Gasteiger partial charge >= 0.3 is 12.1 Å². The number of rotatable bonds is 5.